The normalized spacial score (nSPS) is 21.6. The fourth-order valence-corrected chi connectivity index (χ4v) is 8.08. The predicted molar refractivity (Wildman–Crippen MR) is 141 cm³/mol. The van der Waals surface area contributed by atoms with Gasteiger partial charge >= 0.3 is 26.5 Å². The van der Waals surface area contributed by atoms with E-state index in [-0.39, 0.29) is 17.8 Å². The summed E-state index contributed by atoms with van der Waals surface area (Å²) < 4.78 is 140. The van der Waals surface area contributed by atoms with Crippen molar-refractivity contribution in [2.75, 3.05) is 0 Å². The zero-order valence-corrected chi connectivity index (χ0v) is 24.3. The summed E-state index contributed by atoms with van der Waals surface area (Å²) in [5.41, 5.74) is 1.51. The van der Waals surface area contributed by atoms with Crippen molar-refractivity contribution in [1.82, 2.24) is 0 Å². The third-order valence-corrected chi connectivity index (χ3v) is 11.2. The van der Waals surface area contributed by atoms with Crippen molar-refractivity contribution in [3.8, 4) is 5.75 Å². The average Bonchev–Trinajstić information content (AvgIpc) is 2.93. The van der Waals surface area contributed by atoms with E-state index in [4.69, 9.17) is 4.18 Å². The van der Waals surface area contributed by atoms with Gasteiger partial charge in [0.2, 0.25) is 0 Å². The highest BCUT2D eigenvalue weighted by atomic mass is 32.2. The van der Waals surface area contributed by atoms with Crippen molar-refractivity contribution in [3.05, 3.63) is 28.8 Å². The molecule has 1 aromatic carbocycles. The van der Waals surface area contributed by atoms with E-state index in [2.05, 4.69) is 5.14 Å². The molecule has 0 saturated heterocycles. The minimum absolute atomic E-state index is 0.151. The van der Waals surface area contributed by atoms with Crippen LogP contribution < -0.4 is 9.32 Å². The van der Waals surface area contributed by atoms with E-state index in [9.17, 15) is 43.2 Å². The Morgan fingerprint density at radius 2 is 0.976 bits per heavy atom. The SMILES string of the molecule is NS(=O)(=O)C(F)(F)C(F)(F)C(F)(F)S(=O)(=O)Oc1c(C2CCCCC2)cc(C2CCCCC2)cc1C1CCCCC1. The number of nitrogens with two attached hydrogens (primary N) is 1. The molecule has 1 aromatic rings. The quantitative estimate of drug-likeness (QED) is 0.222. The maximum absolute atomic E-state index is 14.9. The van der Waals surface area contributed by atoms with Crippen molar-refractivity contribution < 1.29 is 47.4 Å². The Labute approximate surface area is 237 Å². The molecule has 3 aliphatic rings. The molecule has 0 unspecified atom stereocenters. The molecule has 0 radical (unpaired) electrons. The molecule has 0 heterocycles. The zero-order chi connectivity index (χ0) is 30.3. The van der Waals surface area contributed by atoms with Crippen molar-refractivity contribution >= 4 is 20.1 Å². The number of hydrogen-bond acceptors (Lipinski definition) is 5. The van der Waals surface area contributed by atoms with Crippen molar-refractivity contribution in [3.63, 3.8) is 0 Å². The van der Waals surface area contributed by atoms with Gasteiger partial charge in [-0.25, -0.2) is 13.6 Å². The van der Waals surface area contributed by atoms with E-state index in [0.717, 1.165) is 76.2 Å². The summed E-state index contributed by atoms with van der Waals surface area (Å²) in [5.74, 6) is -7.90. The van der Waals surface area contributed by atoms with E-state index in [1.54, 1.807) is 12.1 Å². The molecule has 0 aliphatic heterocycles. The number of halogens is 6. The Morgan fingerprint density at radius 3 is 1.34 bits per heavy atom. The molecular formula is C27H37F6NO5S2. The third-order valence-electron chi connectivity index (χ3n) is 8.93. The number of sulfonamides is 1. The summed E-state index contributed by atoms with van der Waals surface area (Å²) in [4.78, 5) is 0. The van der Waals surface area contributed by atoms with E-state index >= 15 is 0 Å². The topological polar surface area (TPSA) is 104 Å². The van der Waals surface area contributed by atoms with E-state index in [1.165, 1.54) is 0 Å². The number of rotatable bonds is 9. The minimum atomic E-state index is -6.93. The van der Waals surface area contributed by atoms with Crippen LogP contribution in [0, 0.1) is 0 Å². The first kappa shape index (κ1) is 32.4. The molecule has 41 heavy (non-hydrogen) atoms. The highest BCUT2D eigenvalue weighted by Crippen LogP contribution is 2.53. The molecule has 0 amide bonds. The summed E-state index contributed by atoms with van der Waals surface area (Å²) in [5, 5.41) is -9.13. The second-order valence-electron chi connectivity index (χ2n) is 11.7. The van der Waals surface area contributed by atoms with Crippen molar-refractivity contribution in [1.29, 1.82) is 0 Å². The summed E-state index contributed by atoms with van der Waals surface area (Å²) >= 11 is 0. The summed E-state index contributed by atoms with van der Waals surface area (Å²) in [6.07, 6.45) is 12.1. The lowest BCUT2D eigenvalue weighted by molar-refractivity contribution is -0.245. The number of alkyl halides is 6. The van der Waals surface area contributed by atoms with E-state index < -0.39 is 42.3 Å². The molecule has 0 atom stereocenters. The number of benzene rings is 1. The average molecular weight is 634 g/mol. The Hall–Kier alpha value is -1.54. The standard InChI is InChI=1S/C27H37F6NO5S2/c28-25(29,26(30,31)40(34,35)36)27(32,33)41(37,38)39-24-22(19-12-6-2-7-13-19)16-21(18-10-4-1-5-11-18)17-23(24)20-14-8-3-9-15-20/h16-20H,1-15H2,(H2,34,35,36). The van der Waals surface area contributed by atoms with Gasteiger partial charge in [-0.2, -0.15) is 34.8 Å². The van der Waals surface area contributed by atoms with Gasteiger partial charge in [0.1, 0.15) is 5.75 Å². The lowest BCUT2D eigenvalue weighted by atomic mass is 9.75. The van der Waals surface area contributed by atoms with Crippen LogP contribution >= 0.6 is 0 Å². The Balaban J connectivity index is 1.87. The highest BCUT2D eigenvalue weighted by molar-refractivity contribution is 7.90. The van der Waals surface area contributed by atoms with Crippen LogP contribution in [0.2, 0.25) is 0 Å². The Morgan fingerprint density at radius 1 is 0.610 bits per heavy atom. The molecule has 6 nitrogen and oxygen atoms in total. The van der Waals surface area contributed by atoms with Crippen LogP contribution in [0.25, 0.3) is 0 Å². The summed E-state index contributed by atoms with van der Waals surface area (Å²) in [7, 11) is -13.5. The molecule has 3 aliphatic carbocycles. The second-order valence-corrected chi connectivity index (χ2v) is 14.9. The van der Waals surface area contributed by atoms with E-state index in [1.807, 2.05) is 0 Å². The van der Waals surface area contributed by atoms with Crippen LogP contribution in [0.4, 0.5) is 26.3 Å². The van der Waals surface area contributed by atoms with Gasteiger partial charge in [0.05, 0.1) is 0 Å². The van der Waals surface area contributed by atoms with Crippen molar-refractivity contribution in [2.45, 2.75) is 130 Å². The van der Waals surface area contributed by atoms with Gasteiger partial charge in [-0.05, 0) is 73.0 Å². The second kappa shape index (κ2) is 11.9. The lowest BCUT2D eigenvalue weighted by Gasteiger charge is -2.33. The molecule has 3 saturated carbocycles. The molecule has 2 N–H and O–H groups in total. The Kier molecular flexibility index (Phi) is 9.36. The lowest BCUT2D eigenvalue weighted by Crippen LogP contribution is -2.62. The van der Waals surface area contributed by atoms with Gasteiger partial charge in [-0.15, -0.1) is 0 Å². The van der Waals surface area contributed by atoms with Gasteiger partial charge in [0, 0.05) is 0 Å². The Bertz CT molecular complexity index is 1260. The van der Waals surface area contributed by atoms with Gasteiger partial charge in [-0.1, -0.05) is 69.9 Å². The fraction of sp³-hybridized carbons (Fsp3) is 0.778. The molecule has 0 spiro atoms. The van der Waals surface area contributed by atoms with Gasteiger partial charge < -0.3 is 4.18 Å². The number of hydrogen-bond donors (Lipinski definition) is 1. The molecule has 14 heteroatoms. The molecule has 234 valence electrons. The minimum Gasteiger partial charge on any atom is -0.377 e. The van der Waals surface area contributed by atoms with Crippen molar-refractivity contribution in [2.24, 2.45) is 5.14 Å². The number of primary sulfonamides is 1. The first-order chi connectivity index (χ1) is 19.0. The fourth-order valence-electron chi connectivity index (χ4n) is 6.57. The predicted octanol–water partition coefficient (Wildman–Crippen LogP) is 7.65. The zero-order valence-electron chi connectivity index (χ0n) is 22.7. The monoisotopic (exact) mass is 633 g/mol. The smallest absolute Gasteiger partial charge is 0.377 e. The first-order valence-corrected chi connectivity index (χ1v) is 17.2. The van der Waals surface area contributed by atoms with Crippen LogP contribution in [0.1, 0.15) is 131 Å². The van der Waals surface area contributed by atoms with Crippen LogP contribution in [-0.2, 0) is 20.1 Å². The van der Waals surface area contributed by atoms with Crippen LogP contribution in [0.5, 0.6) is 5.75 Å². The summed E-state index contributed by atoms with van der Waals surface area (Å²) in [6.45, 7) is 0. The van der Waals surface area contributed by atoms with Gasteiger partial charge in [-0.3, -0.25) is 0 Å². The summed E-state index contributed by atoms with van der Waals surface area (Å²) in [6, 6.07) is 3.44. The maximum atomic E-state index is 14.9. The molecular weight excluding hydrogens is 596 g/mol. The van der Waals surface area contributed by atoms with Crippen LogP contribution in [0.3, 0.4) is 0 Å². The molecule has 0 aromatic heterocycles. The van der Waals surface area contributed by atoms with Crippen LogP contribution in [0.15, 0.2) is 12.1 Å². The molecule has 0 bridgehead atoms. The molecule has 3 fully saturated rings. The molecule has 4 rings (SSSR count). The van der Waals surface area contributed by atoms with E-state index in [0.29, 0.717) is 36.8 Å². The highest BCUT2D eigenvalue weighted by Gasteiger charge is 2.82. The largest absolute Gasteiger partial charge is 0.450 e. The van der Waals surface area contributed by atoms with Gasteiger partial charge in [0.25, 0.3) is 10.0 Å². The van der Waals surface area contributed by atoms with Gasteiger partial charge in [0.15, 0.2) is 0 Å². The maximum Gasteiger partial charge on any atom is 0.450 e. The van der Waals surface area contributed by atoms with Crippen LogP contribution in [-0.4, -0.2) is 33.3 Å². The first-order valence-electron chi connectivity index (χ1n) is 14.3. The third kappa shape index (κ3) is 6.11.